The Hall–Kier alpha value is -0.0400. The fourth-order valence-corrected chi connectivity index (χ4v) is 4.44. The van der Waals surface area contributed by atoms with Crippen molar-refractivity contribution in [1.82, 2.24) is 0 Å². The molecule has 2 aliphatic rings. The Bertz CT molecular complexity index is 265. The third kappa shape index (κ3) is 3.74. The maximum absolute atomic E-state index is 10.7. The van der Waals surface area contributed by atoms with E-state index >= 15 is 0 Å². The van der Waals surface area contributed by atoms with Crippen molar-refractivity contribution < 1.29 is 5.11 Å². The van der Waals surface area contributed by atoms with Gasteiger partial charge in [0.1, 0.15) is 0 Å². The zero-order chi connectivity index (χ0) is 14.0. The Labute approximate surface area is 120 Å². The third-order valence-electron chi connectivity index (χ3n) is 6.36. The highest BCUT2D eigenvalue weighted by Crippen LogP contribution is 2.41. The molecule has 112 valence electrons. The molecule has 1 N–H and O–H groups in total. The van der Waals surface area contributed by atoms with E-state index in [4.69, 9.17) is 0 Å². The van der Waals surface area contributed by atoms with Crippen molar-refractivity contribution in [3.8, 4) is 0 Å². The molecular weight excluding hydrogens is 232 g/mol. The monoisotopic (exact) mass is 266 g/mol. The molecule has 4 unspecified atom stereocenters. The molecule has 0 spiro atoms. The lowest BCUT2D eigenvalue weighted by Gasteiger charge is -2.40. The van der Waals surface area contributed by atoms with Crippen LogP contribution in [-0.2, 0) is 0 Å². The lowest BCUT2D eigenvalue weighted by molar-refractivity contribution is -0.00570. The summed E-state index contributed by atoms with van der Waals surface area (Å²) in [4.78, 5) is 0. The molecule has 0 radical (unpaired) electrons. The number of aliphatic hydroxyl groups is 1. The van der Waals surface area contributed by atoms with Gasteiger partial charge >= 0.3 is 0 Å². The third-order valence-corrected chi connectivity index (χ3v) is 6.36. The second-order valence-corrected chi connectivity index (χ2v) is 7.94. The SMILES string of the molecule is CC(C)C1CCC(C(O)C2CCC(C)C(C)C2)CC1. The Balaban J connectivity index is 1.82. The van der Waals surface area contributed by atoms with E-state index in [0.717, 1.165) is 23.7 Å². The molecular formula is C18H34O. The maximum Gasteiger partial charge on any atom is 0.0596 e. The molecule has 2 aliphatic carbocycles. The van der Waals surface area contributed by atoms with E-state index in [2.05, 4.69) is 27.7 Å². The predicted molar refractivity (Wildman–Crippen MR) is 82.0 cm³/mol. The average Bonchev–Trinajstić information content (AvgIpc) is 2.41. The van der Waals surface area contributed by atoms with Crippen LogP contribution in [0, 0.1) is 35.5 Å². The summed E-state index contributed by atoms with van der Waals surface area (Å²) in [6.45, 7) is 9.46. The van der Waals surface area contributed by atoms with Gasteiger partial charge in [0.2, 0.25) is 0 Å². The van der Waals surface area contributed by atoms with Crippen LogP contribution < -0.4 is 0 Å². The summed E-state index contributed by atoms with van der Waals surface area (Å²) in [7, 11) is 0. The van der Waals surface area contributed by atoms with Gasteiger partial charge < -0.3 is 5.11 Å². The predicted octanol–water partition coefficient (Wildman–Crippen LogP) is 4.88. The molecule has 0 saturated heterocycles. The Kier molecular flexibility index (Phi) is 5.34. The van der Waals surface area contributed by atoms with Crippen molar-refractivity contribution in [1.29, 1.82) is 0 Å². The molecule has 0 aromatic heterocycles. The standard InChI is InChI=1S/C18H34O/c1-12(2)15-7-9-16(10-8-15)18(19)17-6-5-13(3)14(4)11-17/h12-19H,5-11H2,1-4H3. The first-order chi connectivity index (χ1) is 8.99. The Morgan fingerprint density at radius 2 is 1.26 bits per heavy atom. The Morgan fingerprint density at radius 1 is 0.737 bits per heavy atom. The number of hydrogen-bond donors (Lipinski definition) is 1. The van der Waals surface area contributed by atoms with Crippen LogP contribution in [0.25, 0.3) is 0 Å². The maximum atomic E-state index is 10.7. The highest BCUT2D eigenvalue weighted by Gasteiger charge is 2.35. The molecule has 0 aliphatic heterocycles. The van der Waals surface area contributed by atoms with Gasteiger partial charge in [-0.2, -0.15) is 0 Å². The van der Waals surface area contributed by atoms with Gasteiger partial charge in [-0.05, 0) is 74.0 Å². The van der Waals surface area contributed by atoms with Crippen LogP contribution in [0.2, 0.25) is 0 Å². The highest BCUT2D eigenvalue weighted by molar-refractivity contribution is 4.86. The quantitative estimate of drug-likeness (QED) is 0.771. The molecule has 2 fully saturated rings. The molecule has 0 aromatic rings. The van der Waals surface area contributed by atoms with Crippen LogP contribution in [0.3, 0.4) is 0 Å². The zero-order valence-corrected chi connectivity index (χ0v) is 13.4. The number of aliphatic hydroxyl groups excluding tert-OH is 1. The number of rotatable bonds is 3. The van der Waals surface area contributed by atoms with Gasteiger partial charge in [-0.1, -0.05) is 34.1 Å². The van der Waals surface area contributed by atoms with Crippen molar-refractivity contribution in [2.75, 3.05) is 0 Å². The second-order valence-electron chi connectivity index (χ2n) is 7.94. The summed E-state index contributed by atoms with van der Waals surface area (Å²) in [6.07, 6.45) is 9.06. The smallest absolute Gasteiger partial charge is 0.0596 e. The molecule has 2 saturated carbocycles. The molecule has 19 heavy (non-hydrogen) atoms. The van der Waals surface area contributed by atoms with Crippen LogP contribution >= 0.6 is 0 Å². The van der Waals surface area contributed by atoms with E-state index in [1.807, 2.05) is 0 Å². The van der Waals surface area contributed by atoms with Crippen LogP contribution in [0.1, 0.15) is 72.6 Å². The summed E-state index contributed by atoms with van der Waals surface area (Å²) in [5.74, 6) is 4.59. The molecule has 0 heterocycles. The molecule has 2 rings (SSSR count). The minimum atomic E-state index is -0.0111. The second kappa shape index (κ2) is 6.61. The van der Waals surface area contributed by atoms with Gasteiger partial charge in [0, 0.05) is 0 Å². The van der Waals surface area contributed by atoms with Crippen molar-refractivity contribution in [2.24, 2.45) is 35.5 Å². The molecule has 0 bridgehead atoms. The average molecular weight is 266 g/mol. The lowest BCUT2D eigenvalue weighted by Crippen LogP contribution is -2.36. The summed E-state index contributed by atoms with van der Waals surface area (Å²) in [5.41, 5.74) is 0. The minimum absolute atomic E-state index is 0.0111. The number of hydrogen-bond acceptors (Lipinski definition) is 1. The van der Waals surface area contributed by atoms with E-state index in [1.165, 1.54) is 44.9 Å². The van der Waals surface area contributed by atoms with Gasteiger partial charge in [0.25, 0.3) is 0 Å². The van der Waals surface area contributed by atoms with Crippen LogP contribution in [0.4, 0.5) is 0 Å². The minimum Gasteiger partial charge on any atom is -0.393 e. The van der Waals surface area contributed by atoms with Gasteiger partial charge in [-0.15, -0.1) is 0 Å². The fraction of sp³-hybridized carbons (Fsp3) is 1.00. The largest absolute Gasteiger partial charge is 0.393 e. The molecule has 4 atom stereocenters. The van der Waals surface area contributed by atoms with Gasteiger partial charge in [0.05, 0.1) is 6.10 Å². The zero-order valence-electron chi connectivity index (χ0n) is 13.4. The van der Waals surface area contributed by atoms with Crippen molar-refractivity contribution >= 4 is 0 Å². The first-order valence-electron chi connectivity index (χ1n) is 8.67. The first kappa shape index (κ1) is 15.4. The van der Waals surface area contributed by atoms with E-state index in [9.17, 15) is 5.11 Å². The molecule has 0 aromatic carbocycles. The van der Waals surface area contributed by atoms with Gasteiger partial charge in [0.15, 0.2) is 0 Å². The summed E-state index contributed by atoms with van der Waals surface area (Å²) in [5, 5.41) is 10.7. The summed E-state index contributed by atoms with van der Waals surface area (Å²) >= 11 is 0. The van der Waals surface area contributed by atoms with Crippen LogP contribution in [-0.4, -0.2) is 11.2 Å². The fourth-order valence-electron chi connectivity index (χ4n) is 4.44. The lowest BCUT2D eigenvalue weighted by atomic mass is 9.68. The van der Waals surface area contributed by atoms with E-state index in [-0.39, 0.29) is 6.10 Å². The van der Waals surface area contributed by atoms with Crippen LogP contribution in [0.15, 0.2) is 0 Å². The molecule has 1 heteroatoms. The Morgan fingerprint density at radius 3 is 1.79 bits per heavy atom. The van der Waals surface area contributed by atoms with Gasteiger partial charge in [-0.3, -0.25) is 0 Å². The van der Waals surface area contributed by atoms with E-state index in [0.29, 0.717) is 11.8 Å². The van der Waals surface area contributed by atoms with Crippen molar-refractivity contribution in [2.45, 2.75) is 78.7 Å². The van der Waals surface area contributed by atoms with Crippen molar-refractivity contribution in [3.63, 3.8) is 0 Å². The van der Waals surface area contributed by atoms with Crippen LogP contribution in [0.5, 0.6) is 0 Å². The highest BCUT2D eigenvalue weighted by atomic mass is 16.3. The summed E-state index contributed by atoms with van der Waals surface area (Å²) in [6, 6.07) is 0. The molecule has 0 amide bonds. The first-order valence-corrected chi connectivity index (χ1v) is 8.67. The molecule has 1 nitrogen and oxygen atoms in total. The van der Waals surface area contributed by atoms with E-state index in [1.54, 1.807) is 0 Å². The summed E-state index contributed by atoms with van der Waals surface area (Å²) < 4.78 is 0. The van der Waals surface area contributed by atoms with Crippen molar-refractivity contribution in [3.05, 3.63) is 0 Å². The van der Waals surface area contributed by atoms with E-state index < -0.39 is 0 Å². The van der Waals surface area contributed by atoms with Gasteiger partial charge in [-0.25, -0.2) is 0 Å². The normalized spacial score (nSPS) is 42.3. The topological polar surface area (TPSA) is 20.2 Å².